The summed E-state index contributed by atoms with van der Waals surface area (Å²) in [5, 5.41) is 6.31. The Morgan fingerprint density at radius 2 is 1.78 bits per heavy atom. The number of rotatable bonds is 6. The molecule has 0 aromatic heterocycles. The third kappa shape index (κ3) is 5.08. The Bertz CT molecular complexity index is 892. The van der Waals surface area contributed by atoms with Gasteiger partial charge >= 0.3 is 0 Å². The number of anilines is 1. The summed E-state index contributed by atoms with van der Waals surface area (Å²) >= 11 is 0. The van der Waals surface area contributed by atoms with E-state index in [0.29, 0.717) is 17.8 Å². The smallest absolute Gasteiger partial charge is 0.261 e. The maximum Gasteiger partial charge on any atom is 0.261 e. The van der Waals surface area contributed by atoms with E-state index in [-0.39, 0.29) is 16.2 Å². The Hall–Kier alpha value is -2.38. The van der Waals surface area contributed by atoms with Crippen LogP contribution in [0.5, 0.6) is 0 Å². The van der Waals surface area contributed by atoms with Crippen molar-refractivity contribution >= 4 is 21.6 Å². The van der Waals surface area contributed by atoms with E-state index in [0.717, 1.165) is 25.9 Å². The maximum atomic E-state index is 12.5. The SMILES string of the molecule is CC1(CNC(=O)c2cccc(NS(=O)(=O)c3ccccc3)c2)CCNCC1. The van der Waals surface area contributed by atoms with Gasteiger partial charge in [-0.15, -0.1) is 0 Å². The van der Waals surface area contributed by atoms with E-state index < -0.39 is 10.0 Å². The van der Waals surface area contributed by atoms with E-state index in [2.05, 4.69) is 22.3 Å². The van der Waals surface area contributed by atoms with Crippen LogP contribution < -0.4 is 15.4 Å². The van der Waals surface area contributed by atoms with Crippen LogP contribution in [0.1, 0.15) is 30.1 Å². The van der Waals surface area contributed by atoms with Crippen molar-refractivity contribution < 1.29 is 13.2 Å². The second kappa shape index (κ2) is 8.10. The molecule has 0 aliphatic carbocycles. The lowest BCUT2D eigenvalue weighted by Gasteiger charge is -2.34. The minimum Gasteiger partial charge on any atom is -0.351 e. The lowest BCUT2D eigenvalue weighted by molar-refractivity contribution is 0.0922. The van der Waals surface area contributed by atoms with E-state index in [1.54, 1.807) is 42.5 Å². The molecule has 1 fully saturated rings. The van der Waals surface area contributed by atoms with Gasteiger partial charge in [0.05, 0.1) is 4.90 Å². The first-order valence-corrected chi connectivity index (χ1v) is 10.5. The molecule has 1 aliphatic heterocycles. The zero-order valence-electron chi connectivity index (χ0n) is 15.4. The van der Waals surface area contributed by atoms with E-state index in [9.17, 15) is 13.2 Å². The Morgan fingerprint density at radius 3 is 2.48 bits per heavy atom. The van der Waals surface area contributed by atoms with Crippen molar-refractivity contribution in [3.05, 3.63) is 60.2 Å². The van der Waals surface area contributed by atoms with Crippen molar-refractivity contribution in [1.29, 1.82) is 0 Å². The largest absolute Gasteiger partial charge is 0.351 e. The Kier molecular flexibility index (Phi) is 5.82. The Labute approximate surface area is 160 Å². The molecule has 1 heterocycles. The molecule has 3 rings (SSSR count). The Morgan fingerprint density at radius 1 is 1.07 bits per heavy atom. The van der Waals surface area contributed by atoms with E-state index >= 15 is 0 Å². The molecular formula is C20H25N3O3S. The van der Waals surface area contributed by atoms with Crippen LogP contribution in [0.15, 0.2) is 59.5 Å². The molecular weight excluding hydrogens is 362 g/mol. The summed E-state index contributed by atoms with van der Waals surface area (Å²) in [4.78, 5) is 12.7. The minimum atomic E-state index is -3.68. The molecule has 6 nitrogen and oxygen atoms in total. The van der Waals surface area contributed by atoms with Crippen LogP contribution in [-0.2, 0) is 10.0 Å². The topological polar surface area (TPSA) is 87.3 Å². The van der Waals surface area contributed by atoms with Gasteiger partial charge < -0.3 is 10.6 Å². The van der Waals surface area contributed by atoms with Gasteiger partial charge in [-0.05, 0) is 61.7 Å². The van der Waals surface area contributed by atoms with Crippen molar-refractivity contribution in [2.75, 3.05) is 24.4 Å². The van der Waals surface area contributed by atoms with E-state index in [1.807, 2.05) is 0 Å². The number of amides is 1. The van der Waals surface area contributed by atoms with Gasteiger partial charge in [-0.2, -0.15) is 0 Å². The van der Waals surface area contributed by atoms with Crippen molar-refractivity contribution in [2.45, 2.75) is 24.7 Å². The fourth-order valence-electron chi connectivity index (χ4n) is 3.14. The minimum absolute atomic E-state index is 0.0907. The maximum absolute atomic E-state index is 12.5. The highest BCUT2D eigenvalue weighted by Gasteiger charge is 2.27. The van der Waals surface area contributed by atoms with Gasteiger partial charge in [0.1, 0.15) is 0 Å². The van der Waals surface area contributed by atoms with Crippen LogP contribution in [0.25, 0.3) is 0 Å². The summed E-state index contributed by atoms with van der Waals surface area (Å²) in [5.74, 6) is -0.199. The predicted octanol–water partition coefficient (Wildman–Crippen LogP) is 2.61. The summed E-state index contributed by atoms with van der Waals surface area (Å²) in [7, 11) is -3.68. The molecule has 0 saturated carbocycles. The van der Waals surface area contributed by atoms with Crippen molar-refractivity contribution in [2.24, 2.45) is 5.41 Å². The summed E-state index contributed by atoms with van der Waals surface area (Å²) in [6.45, 7) is 4.71. The zero-order valence-corrected chi connectivity index (χ0v) is 16.2. The molecule has 1 saturated heterocycles. The number of benzene rings is 2. The quantitative estimate of drug-likeness (QED) is 0.711. The molecule has 144 valence electrons. The Balaban J connectivity index is 1.67. The molecule has 0 radical (unpaired) electrons. The van der Waals surface area contributed by atoms with Gasteiger partial charge in [0.2, 0.25) is 0 Å². The van der Waals surface area contributed by atoms with Crippen molar-refractivity contribution in [1.82, 2.24) is 10.6 Å². The number of hydrogen-bond donors (Lipinski definition) is 3. The molecule has 1 amide bonds. The molecule has 7 heteroatoms. The average Bonchev–Trinajstić information content (AvgIpc) is 2.67. The number of nitrogens with one attached hydrogen (secondary N) is 3. The molecule has 0 bridgehead atoms. The van der Waals surface area contributed by atoms with Gasteiger partial charge in [-0.3, -0.25) is 9.52 Å². The first-order chi connectivity index (χ1) is 12.9. The van der Waals surface area contributed by atoms with E-state index in [4.69, 9.17) is 0 Å². The highest BCUT2D eigenvalue weighted by molar-refractivity contribution is 7.92. The second-order valence-corrected chi connectivity index (χ2v) is 8.93. The van der Waals surface area contributed by atoms with Crippen LogP contribution in [0.4, 0.5) is 5.69 Å². The third-order valence-corrected chi connectivity index (χ3v) is 6.31. The number of piperidine rings is 1. The normalized spacial score (nSPS) is 16.5. The molecule has 2 aromatic carbocycles. The molecule has 3 N–H and O–H groups in total. The van der Waals surface area contributed by atoms with Gasteiger partial charge in [-0.1, -0.05) is 31.2 Å². The van der Waals surface area contributed by atoms with Crippen molar-refractivity contribution in [3.8, 4) is 0 Å². The van der Waals surface area contributed by atoms with Crippen LogP contribution in [-0.4, -0.2) is 34.0 Å². The van der Waals surface area contributed by atoms with Crippen molar-refractivity contribution in [3.63, 3.8) is 0 Å². The molecule has 1 aliphatic rings. The molecule has 2 aromatic rings. The van der Waals surface area contributed by atoms with Gasteiger partial charge in [0.25, 0.3) is 15.9 Å². The summed E-state index contributed by atoms with van der Waals surface area (Å²) < 4.78 is 27.4. The molecule has 0 unspecified atom stereocenters. The number of carbonyl (C=O) groups is 1. The van der Waals surface area contributed by atoms with Crippen LogP contribution in [0.3, 0.4) is 0 Å². The number of carbonyl (C=O) groups excluding carboxylic acids is 1. The summed E-state index contributed by atoms with van der Waals surface area (Å²) in [5.41, 5.74) is 0.883. The zero-order chi connectivity index (χ0) is 19.3. The fraction of sp³-hybridized carbons (Fsp3) is 0.350. The molecule has 0 atom stereocenters. The highest BCUT2D eigenvalue weighted by Crippen LogP contribution is 2.27. The highest BCUT2D eigenvalue weighted by atomic mass is 32.2. The van der Waals surface area contributed by atoms with Gasteiger partial charge in [0, 0.05) is 17.8 Å². The second-order valence-electron chi connectivity index (χ2n) is 7.24. The number of sulfonamides is 1. The monoisotopic (exact) mass is 387 g/mol. The lowest BCUT2D eigenvalue weighted by atomic mass is 9.81. The first kappa shape index (κ1) is 19.4. The lowest BCUT2D eigenvalue weighted by Crippen LogP contribution is -2.42. The van der Waals surface area contributed by atoms with Crippen LogP contribution in [0, 0.1) is 5.41 Å². The first-order valence-electron chi connectivity index (χ1n) is 9.05. The van der Waals surface area contributed by atoms with E-state index in [1.165, 1.54) is 12.1 Å². The fourth-order valence-corrected chi connectivity index (χ4v) is 4.21. The third-order valence-electron chi connectivity index (χ3n) is 4.92. The van der Waals surface area contributed by atoms with Crippen LogP contribution >= 0.6 is 0 Å². The van der Waals surface area contributed by atoms with Gasteiger partial charge in [-0.25, -0.2) is 8.42 Å². The van der Waals surface area contributed by atoms with Gasteiger partial charge in [0.15, 0.2) is 0 Å². The average molecular weight is 388 g/mol. The van der Waals surface area contributed by atoms with Crippen LogP contribution in [0.2, 0.25) is 0 Å². The number of hydrogen-bond acceptors (Lipinski definition) is 4. The molecule has 0 spiro atoms. The standard InChI is InChI=1S/C20H25N3O3S/c1-20(10-12-21-13-11-20)15-22-19(24)16-6-5-7-17(14-16)23-27(25,26)18-8-3-2-4-9-18/h2-9,14,21,23H,10-13,15H2,1H3,(H,22,24). The molecule has 27 heavy (non-hydrogen) atoms. The predicted molar refractivity (Wildman–Crippen MR) is 106 cm³/mol. The summed E-state index contributed by atoms with van der Waals surface area (Å²) in [6.07, 6.45) is 2.04. The summed E-state index contributed by atoms with van der Waals surface area (Å²) in [6, 6.07) is 14.7.